The molecule has 1 amide bonds. The second kappa shape index (κ2) is 9.32. The van der Waals surface area contributed by atoms with Crippen LogP contribution in [0.2, 0.25) is 0 Å². The van der Waals surface area contributed by atoms with Gasteiger partial charge in [-0.3, -0.25) is 9.10 Å². The average molecular weight is 407 g/mol. The summed E-state index contributed by atoms with van der Waals surface area (Å²) < 4.78 is 43.8. The van der Waals surface area contributed by atoms with Crippen molar-refractivity contribution in [2.24, 2.45) is 5.10 Å². The molecule has 0 aliphatic carbocycles. The van der Waals surface area contributed by atoms with Crippen molar-refractivity contribution in [3.05, 3.63) is 59.9 Å². The van der Waals surface area contributed by atoms with E-state index in [0.717, 1.165) is 10.6 Å². The lowest BCUT2D eigenvalue weighted by atomic mass is 10.2. The normalized spacial score (nSPS) is 12.6. The van der Waals surface area contributed by atoms with Crippen LogP contribution < -0.4 is 14.5 Å². The summed E-state index contributed by atoms with van der Waals surface area (Å²) in [5.41, 5.74) is 3.22. The van der Waals surface area contributed by atoms with Crippen molar-refractivity contribution in [3.63, 3.8) is 0 Å². The van der Waals surface area contributed by atoms with Crippen LogP contribution in [-0.4, -0.2) is 39.4 Å². The third-order valence-electron chi connectivity index (χ3n) is 3.75. The van der Waals surface area contributed by atoms with Crippen LogP contribution in [0.3, 0.4) is 0 Å². The highest BCUT2D eigenvalue weighted by atomic mass is 32.2. The Morgan fingerprint density at radius 1 is 1.21 bits per heavy atom. The van der Waals surface area contributed by atoms with Gasteiger partial charge in [0, 0.05) is 0 Å². The third kappa shape index (κ3) is 5.78. The van der Waals surface area contributed by atoms with Gasteiger partial charge in [-0.25, -0.2) is 18.2 Å². The van der Waals surface area contributed by atoms with E-state index in [4.69, 9.17) is 4.74 Å². The van der Waals surface area contributed by atoms with E-state index in [-0.39, 0.29) is 5.82 Å². The predicted molar refractivity (Wildman–Crippen MR) is 107 cm³/mol. The van der Waals surface area contributed by atoms with Gasteiger partial charge in [-0.05, 0) is 55.8 Å². The molecule has 1 atom stereocenters. The van der Waals surface area contributed by atoms with Crippen LogP contribution in [0.5, 0.6) is 5.75 Å². The summed E-state index contributed by atoms with van der Waals surface area (Å²) >= 11 is 0. The summed E-state index contributed by atoms with van der Waals surface area (Å²) in [7, 11) is -3.73. The molecule has 0 unspecified atom stereocenters. The first-order chi connectivity index (χ1) is 13.2. The Bertz CT molecular complexity index is 929. The standard InChI is InChI=1S/C19H22FN3O4S/c1-4-27-18-11-9-17(10-12-18)23(28(3,25)26)14(2)19(24)22-21-13-15-5-7-16(20)8-6-15/h5-14H,4H2,1-3H3,(H,22,24)/b21-13-/t14-/m1/s1. The van der Waals surface area contributed by atoms with E-state index in [1.54, 1.807) is 24.3 Å². The van der Waals surface area contributed by atoms with Gasteiger partial charge in [-0.1, -0.05) is 12.1 Å². The molecule has 2 aromatic carbocycles. The van der Waals surface area contributed by atoms with Crippen LogP contribution in [0.4, 0.5) is 10.1 Å². The molecule has 9 heteroatoms. The molecule has 2 rings (SSSR count). The van der Waals surface area contributed by atoms with Crippen LogP contribution in [-0.2, 0) is 14.8 Å². The molecule has 0 aliphatic rings. The van der Waals surface area contributed by atoms with Crippen molar-refractivity contribution < 1.29 is 22.3 Å². The predicted octanol–water partition coefficient (Wildman–Crippen LogP) is 2.53. The second-order valence-corrected chi connectivity index (χ2v) is 7.81. The number of ether oxygens (including phenoxy) is 1. The van der Waals surface area contributed by atoms with Crippen molar-refractivity contribution in [1.29, 1.82) is 0 Å². The number of hydrazone groups is 1. The largest absolute Gasteiger partial charge is 0.494 e. The number of rotatable bonds is 8. The number of sulfonamides is 1. The number of nitrogens with one attached hydrogen (secondary N) is 1. The van der Waals surface area contributed by atoms with Gasteiger partial charge in [-0.15, -0.1) is 0 Å². The lowest BCUT2D eigenvalue weighted by molar-refractivity contribution is -0.121. The van der Waals surface area contributed by atoms with Crippen LogP contribution >= 0.6 is 0 Å². The van der Waals surface area contributed by atoms with Gasteiger partial charge < -0.3 is 4.74 Å². The number of halogens is 1. The number of carbonyl (C=O) groups is 1. The Morgan fingerprint density at radius 2 is 1.82 bits per heavy atom. The fourth-order valence-electron chi connectivity index (χ4n) is 2.48. The van der Waals surface area contributed by atoms with E-state index < -0.39 is 22.0 Å². The molecule has 0 saturated heterocycles. The Balaban J connectivity index is 2.14. The summed E-state index contributed by atoms with van der Waals surface area (Å²) in [6, 6.07) is 10.9. The molecule has 7 nitrogen and oxygen atoms in total. The minimum atomic E-state index is -3.73. The van der Waals surface area contributed by atoms with Crippen molar-refractivity contribution in [2.75, 3.05) is 17.2 Å². The van der Waals surface area contributed by atoms with Crippen LogP contribution in [0.15, 0.2) is 53.6 Å². The van der Waals surface area contributed by atoms with Crippen LogP contribution in [0.1, 0.15) is 19.4 Å². The number of benzene rings is 2. The molecule has 0 spiro atoms. The van der Waals surface area contributed by atoms with E-state index in [0.29, 0.717) is 23.6 Å². The zero-order chi connectivity index (χ0) is 20.7. The molecule has 0 aromatic heterocycles. The van der Waals surface area contributed by atoms with E-state index in [1.807, 2.05) is 6.92 Å². The van der Waals surface area contributed by atoms with Gasteiger partial charge in [-0.2, -0.15) is 5.10 Å². The number of carbonyl (C=O) groups excluding carboxylic acids is 1. The molecular weight excluding hydrogens is 385 g/mol. The van der Waals surface area contributed by atoms with Gasteiger partial charge in [0.05, 0.1) is 24.8 Å². The topological polar surface area (TPSA) is 88.1 Å². The van der Waals surface area contributed by atoms with Crippen LogP contribution in [0, 0.1) is 5.82 Å². The minimum absolute atomic E-state index is 0.330. The number of nitrogens with zero attached hydrogens (tertiary/aromatic N) is 2. The smallest absolute Gasteiger partial charge is 0.263 e. The molecule has 28 heavy (non-hydrogen) atoms. The van der Waals surface area contributed by atoms with Gasteiger partial charge in [0.2, 0.25) is 10.0 Å². The van der Waals surface area contributed by atoms with E-state index >= 15 is 0 Å². The lowest BCUT2D eigenvalue weighted by Gasteiger charge is -2.27. The van der Waals surface area contributed by atoms with Crippen molar-refractivity contribution in [1.82, 2.24) is 5.43 Å². The van der Waals surface area contributed by atoms with Gasteiger partial charge in [0.25, 0.3) is 5.91 Å². The summed E-state index contributed by atoms with van der Waals surface area (Å²) in [6.07, 6.45) is 2.36. The van der Waals surface area contributed by atoms with Crippen LogP contribution in [0.25, 0.3) is 0 Å². The van der Waals surface area contributed by atoms with Crippen molar-refractivity contribution >= 4 is 27.8 Å². The lowest BCUT2D eigenvalue weighted by Crippen LogP contribution is -2.46. The Labute approximate surface area is 163 Å². The maximum absolute atomic E-state index is 12.9. The molecule has 0 bridgehead atoms. The number of hydrogen-bond donors (Lipinski definition) is 1. The summed E-state index contributed by atoms with van der Waals surface area (Å²) in [4.78, 5) is 12.4. The van der Waals surface area contributed by atoms with E-state index in [2.05, 4.69) is 10.5 Å². The average Bonchev–Trinajstić information content (AvgIpc) is 2.64. The van der Waals surface area contributed by atoms with E-state index in [1.165, 1.54) is 37.4 Å². The highest BCUT2D eigenvalue weighted by Crippen LogP contribution is 2.24. The number of hydrogen-bond acceptors (Lipinski definition) is 5. The molecule has 0 saturated carbocycles. The fourth-order valence-corrected chi connectivity index (χ4v) is 3.65. The summed E-state index contributed by atoms with van der Waals surface area (Å²) in [5.74, 6) is -0.396. The number of amides is 1. The first-order valence-corrected chi connectivity index (χ1v) is 10.4. The molecule has 1 N–H and O–H groups in total. The zero-order valence-electron chi connectivity index (χ0n) is 15.8. The second-order valence-electron chi connectivity index (χ2n) is 5.95. The highest BCUT2D eigenvalue weighted by molar-refractivity contribution is 7.92. The highest BCUT2D eigenvalue weighted by Gasteiger charge is 2.29. The van der Waals surface area contributed by atoms with Gasteiger partial charge in [0.1, 0.15) is 17.6 Å². The fraction of sp³-hybridized carbons (Fsp3) is 0.263. The molecule has 150 valence electrons. The number of anilines is 1. The molecule has 0 aliphatic heterocycles. The molecule has 0 fully saturated rings. The summed E-state index contributed by atoms with van der Waals surface area (Å²) in [6.45, 7) is 3.79. The minimum Gasteiger partial charge on any atom is -0.494 e. The first kappa shape index (κ1) is 21.4. The SMILES string of the molecule is CCOc1ccc(N([C@H](C)C(=O)N/N=C\c2ccc(F)cc2)S(C)(=O)=O)cc1. The Kier molecular flexibility index (Phi) is 7.11. The quantitative estimate of drug-likeness (QED) is 0.538. The molecule has 0 heterocycles. The molecular formula is C19H22FN3O4S. The Morgan fingerprint density at radius 3 is 2.36 bits per heavy atom. The maximum atomic E-state index is 12.9. The summed E-state index contributed by atoms with van der Waals surface area (Å²) in [5, 5.41) is 3.80. The maximum Gasteiger partial charge on any atom is 0.263 e. The van der Waals surface area contributed by atoms with Gasteiger partial charge in [0.15, 0.2) is 0 Å². The monoisotopic (exact) mass is 407 g/mol. The molecule has 2 aromatic rings. The first-order valence-electron chi connectivity index (χ1n) is 8.53. The Hall–Kier alpha value is -2.94. The third-order valence-corrected chi connectivity index (χ3v) is 4.99. The van der Waals surface area contributed by atoms with Crippen molar-refractivity contribution in [3.8, 4) is 5.75 Å². The van der Waals surface area contributed by atoms with Crippen molar-refractivity contribution in [2.45, 2.75) is 19.9 Å². The van der Waals surface area contributed by atoms with Gasteiger partial charge >= 0.3 is 0 Å². The van der Waals surface area contributed by atoms with E-state index in [9.17, 15) is 17.6 Å². The zero-order valence-corrected chi connectivity index (χ0v) is 16.6. The molecule has 0 radical (unpaired) electrons.